The highest BCUT2D eigenvalue weighted by Gasteiger charge is 2.38. The summed E-state index contributed by atoms with van der Waals surface area (Å²) in [5.74, 6) is 0. The van der Waals surface area contributed by atoms with Crippen molar-refractivity contribution in [3.8, 4) is 0 Å². The maximum absolute atomic E-state index is 2.63. The van der Waals surface area contributed by atoms with E-state index in [-0.39, 0.29) is 0 Å². The Balaban J connectivity index is 3.26. The third-order valence-corrected chi connectivity index (χ3v) is 4.66. The molecule has 0 bridgehead atoms. The van der Waals surface area contributed by atoms with Gasteiger partial charge in [-0.15, -0.1) is 0 Å². The summed E-state index contributed by atoms with van der Waals surface area (Å²) < 4.78 is 1.45. The first-order valence-electron chi connectivity index (χ1n) is 7.85. The van der Waals surface area contributed by atoms with E-state index < -0.39 is 0 Å². The first-order valence-corrected chi connectivity index (χ1v) is 8.73. The monoisotopic (exact) mass is 294 g/mol. The lowest BCUT2D eigenvalue weighted by atomic mass is 9.65. The molecule has 0 aliphatic heterocycles. The molecule has 1 heterocycles. The van der Waals surface area contributed by atoms with Gasteiger partial charge in [-0.05, 0) is 29.5 Å². The molecule has 0 saturated carbocycles. The molecule has 0 aromatic carbocycles. The van der Waals surface area contributed by atoms with Crippen LogP contribution in [-0.4, -0.2) is 40.8 Å². The van der Waals surface area contributed by atoms with Crippen LogP contribution in [0.15, 0.2) is 17.5 Å². The zero-order valence-corrected chi connectivity index (χ0v) is 15.2. The average Bonchev–Trinajstić information content (AvgIpc) is 2.78. The first kappa shape index (κ1) is 17.7. The maximum Gasteiger partial charge on any atom is 0.357 e. The lowest BCUT2D eigenvalue weighted by molar-refractivity contribution is 0.228. The van der Waals surface area contributed by atoms with E-state index in [1.54, 1.807) is 0 Å². The quantitative estimate of drug-likeness (QED) is 0.708. The minimum absolute atomic E-state index is 0.370. The summed E-state index contributed by atoms with van der Waals surface area (Å²) in [5, 5.41) is 2.19. The van der Waals surface area contributed by atoms with Gasteiger partial charge in [0, 0.05) is 4.78 Å². The van der Waals surface area contributed by atoms with Gasteiger partial charge in [-0.1, -0.05) is 67.5 Å². The van der Waals surface area contributed by atoms with Gasteiger partial charge in [-0.25, -0.2) is 0 Å². The Morgan fingerprint density at radius 3 is 1.45 bits per heavy atom. The second kappa shape index (κ2) is 7.62. The van der Waals surface area contributed by atoms with Gasteiger partial charge >= 0.3 is 6.98 Å². The van der Waals surface area contributed by atoms with E-state index in [4.69, 9.17) is 0 Å². The first-order chi connectivity index (χ1) is 9.27. The van der Waals surface area contributed by atoms with Crippen molar-refractivity contribution in [1.82, 2.24) is 9.62 Å². The summed E-state index contributed by atoms with van der Waals surface area (Å²) in [4.78, 5) is 5.26. The van der Waals surface area contributed by atoms with Crippen LogP contribution in [-0.2, 0) is 0 Å². The highest BCUT2D eigenvalue weighted by atomic mass is 32.1. The SMILES string of the molecule is CC(C)N(B(c1cccs1)N(C(C)C)C(C)C)C(C)C. The molecule has 0 atom stereocenters. The lowest BCUT2D eigenvalue weighted by Gasteiger charge is -2.45. The molecule has 1 aromatic rings. The Labute approximate surface area is 130 Å². The van der Waals surface area contributed by atoms with Gasteiger partial charge in [0.05, 0.1) is 0 Å². The van der Waals surface area contributed by atoms with Crippen molar-refractivity contribution in [3.05, 3.63) is 17.5 Å². The zero-order chi connectivity index (χ0) is 15.4. The van der Waals surface area contributed by atoms with Crippen LogP contribution in [0.1, 0.15) is 55.4 Å². The molecule has 0 aliphatic rings. The van der Waals surface area contributed by atoms with Crippen molar-refractivity contribution in [2.24, 2.45) is 0 Å². The van der Waals surface area contributed by atoms with E-state index >= 15 is 0 Å². The van der Waals surface area contributed by atoms with Crippen LogP contribution in [0.25, 0.3) is 0 Å². The normalized spacial score (nSPS) is 12.7. The van der Waals surface area contributed by atoms with Crippen molar-refractivity contribution in [3.63, 3.8) is 0 Å². The lowest BCUT2D eigenvalue weighted by Crippen LogP contribution is -2.66. The Morgan fingerprint density at radius 2 is 1.20 bits per heavy atom. The topological polar surface area (TPSA) is 6.48 Å². The van der Waals surface area contributed by atoms with Crippen molar-refractivity contribution in [1.29, 1.82) is 0 Å². The Hall–Kier alpha value is -0.315. The molecule has 0 fully saturated rings. The van der Waals surface area contributed by atoms with Gasteiger partial charge in [-0.3, -0.25) is 0 Å². The van der Waals surface area contributed by atoms with Crippen molar-refractivity contribution in [2.45, 2.75) is 79.6 Å². The summed E-state index contributed by atoms with van der Waals surface area (Å²) in [7, 11) is 0. The van der Waals surface area contributed by atoms with E-state index in [9.17, 15) is 0 Å². The van der Waals surface area contributed by atoms with Crippen LogP contribution in [0.4, 0.5) is 0 Å². The van der Waals surface area contributed by atoms with E-state index in [2.05, 4.69) is 82.5 Å². The minimum atomic E-state index is 0.370. The van der Waals surface area contributed by atoms with Crippen LogP contribution < -0.4 is 4.78 Å². The molecule has 1 rings (SSSR count). The molecule has 0 aliphatic carbocycles. The number of hydrogen-bond donors (Lipinski definition) is 0. The number of hydrogen-bond acceptors (Lipinski definition) is 3. The van der Waals surface area contributed by atoms with Crippen LogP contribution in [0.3, 0.4) is 0 Å². The third-order valence-electron chi connectivity index (χ3n) is 3.75. The van der Waals surface area contributed by atoms with Gasteiger partial charge in [0.1, 0.15) is 0 Å². The van der Waals surface area contributed by atoms with Crippen LogP contribution in [0.2, 0.25) is 0 Å². The molecule has 2 nitrogen and oxygen atoms in total. The fourth-order valence-electron chi connectivity index (χ4n) is 3.21. The van der Waals surface area contributed by atoms with E-state index in [0.717, 1.165) is 0 Å². The van der Waals surface area contributed by atoms with Crippen molar-refractivity contribution in [2.75, 3.05) is 0 Å². The molecule has 0 radical (unpaired) electrons. The predicted molar refractivity (Wildman–Crippen MR) is 93.9 cm³/mol. The molecule has 0 spiro atoms. The molecule has 20 heavy (non-hydrogen) atoms. The van der Waals surface area contributed by atoms with Gasteiger partial charge in [0.25, 0.3) is 0 Å². The highest BCUT2D eigenvalue weighted by molar-refractivity contribution is 7.21. The molecule has 0 unspecified atom stereocenters. The maximum atomic E-state index is 2.63. The van der Waals surface area contributed by atoms with Gasteiger partial charge in [-0.2, -0.15) is 11.3 Å². The van der Waals surface area contributed by atoms with Gasteiger partial charge in [0.15, 0.2) is 0 Å². The third kappa shape index (κ3) is 4.09. The minimum Gasteiger partial charge on any atom is -0.319 e. The summed E-state index contributed by atoms with van der Waals surface area (Å²) in [6.45, 7) is 18.8. The molecular weight excluding hydrogens is 263 g/mol. The van der Waals surface area contributed by atoms with Crippen LogP contribution in [0.5, 0.6) is 0 Å². The standard InChI is InChI=1S/C16H31BN2S/c1-12(2)18(13(3)4)17(16-10-9-11-20-16)19(14(5)6)15(7)8/h9-15H,1-8H3. The Kier molecular flexibility index (Phi) is 6.76. The molecule has 1 aromatic heterocycles. The highest BCUT2D eigenvalue weighted by Crippen LogP contribution is 2.18. The van der Waals surface area contributed by atoms with Crippen molar-refractivity contribution >= 4 is 23.1 Å². The second-order valence-corrected chi connectivity index (χ2v) is 7.64. The zero-order valence-electron chi connectivity index (χ0n) is 14.4. The molecule has 0 amide bonds. The fourth-order valence-corrected chi connectivity index (χ4v) is 4.04. The summed E-state index contributed by atoms with van der Waals surface area (Å²) in [6, 6.07) is 6.57. The molecule has 0 saturated heterocycles. The van der Waals surface area contributed by atoms with Crippen LogP contribution in [0, 0.1) is 0 Å². The van der Waals surface area contributed by atoms with Crippen LogP contribution >= 0.6 is 11.3 Å². The average molecular weight is 294 g/mol. The molecule has 4 heteroatoms. The predicted octanol–water partition coefficient (Wildman–Crippen LogP) is 3.68. The van der Waals surface area contributed by atoms with E-state index in [0.29, 0.717) is 31.1 Å². The summed E-state index contributed by atoms with van der Waals surface area (Å²) in [5.41, 5.74) is 0. The largest absolute Gasteiger partial charge is 0.357 e. The second-order valence-electron chi connectivity index (χ2n) is 6.66. The summed E-state index contributed by atoms with van der Waals surface area (Å²) in [6.07, 6.45) is 0. The Morgan fingerprint density at radius 1 is 0.800 bits per heavy atom. The number of rotatable bonds is 7. The molecule has 0 N–H and O–H groups in total. The van der Waals surface area contributed by atoms with Gasteiger partial charge < -0.3 is 9.62 Å². The van der Waals surface area contributed by atoms with E-state index in [1.807, 2.05) is 11.3 Å². The fraction of sp³-hybridized carbons (Fsp3) is 0.750. The summed E-state index contributed by atoms with van der Waals surface area (Å²) >= 11 is 1.87. The number of nitrogens with zero attached hydrogens (tertiary/aromatic N) is 2. The molecule has 114 valence electrons. The van der Waals surface area contributed by atoms with E-state index in [1.165, 1.54) is 4.78 Å². The van der Waals surface area contributed by atoms with Gasteiger partial charge in [0.2, 0.25) is 0 Å². The van der Waals surface area contributed by atoms with Crippen molar-refractivity contribution < 1.29 is 0 Å². The Bertz CT molecular complexity index is 338. The smallest absolute Gasteiger partial charge is 0.319 e. The molecular formula is C16H31BN2S. The number of thiophene rings is 1.